The predicted octanol–water partition coefficient (Wildman–Crippen LogP) is -8.12. The van der Waals surface area contributed by atoms with Crippen LogP contribution in [0.2, 0.25) is 0 Å². The molecular weight excluding hydrogens is 1660 g/mol. The number of carboxylic acid groups (broad SMARTS) is 2. The fraction of sp³-hybridized carbons (Fsp3) is 0.938. The van der Waals surface area contributed by atoms with E-state index in [1.54, 1.807) is 0 Å². The molecule has 14 aliphatic rings. The molecule has 124 heavy (non-hydrogen) atoms. The molecule has 50 atom stereocenters. The summed E-state index contributed by atoms with van der Waals surface area (Å²) < 4.78 is 108. The Balaban J connectivity index is 0.701. The Morgan fingerprint density at radius 2 is 0.895 bits per heavy atom. The van der Waals surface area contributed by atoms with Gasteiger partial charge in [-0.25, -0.2) is 4.79 Å². The van der Waals surface area contributed by atoms with E-state index < -0.39 is 348 Å². The minimum atomic E-state index is -2.28. The van der Waals surface area contributed by atoms with Crippen molar-refractivity contribution in [3.63, 3.8) is 0 Å². The van der Waals surface area contributed by atoms with Crippen LogP contribution in [-0.2, 0) is 99.6 Å². The van der Waals surface area contributed by atoms with Crippen LogP contribution in [0.15, 0.2) is 11.6 Å². The van der Waals surface area contributed by atoms with E-state index in [0.717, 1.165) is 5.57 Å². The van der Waals surface area contributed by atoms with Crippen LogP contribution in [0, 0.1) is 50.2 Å². The summed E-state index contributed by atoms with van der Waals surface area (Å²) in [5.41, 5.74) is -4.82. The summed E-state index contributed by atoms with van der Waals surface area (Å²) in [6, 6.07) is 0. The lowest BCUT2D eigenvalue weighted by Crippen LogP contribution is -2.69. The lowest BCUT2D eigenvalue weighted by atomic mass is 9.33. The molecule has 0 aromatic rings. The van der Waals surface area contributed by atoms with Crippen molar-refractivity contribution in [1.82, 2.24) is 0 Å². The molecule has 0 unspecified atom stereocenters. The van der Waals surface area contributed by atoms with Gasteiger partial charge in [0, 0.05) is 0 Å². The van der Waals surface area contributed by atoms with E-state index in [-0.39, 0.29) is 43.4 Å². The zero-order valence-electron chi connectivity index (χ0n) is 70.0. The number of fused-ring (bicyclic) bond motifs is 7. The molecule has 4 saturated carbocycles. The van der Waals surface area contributed by atoms with E-state index in [1.807, 2.05) is 6.92 Å². The van der Waals surface area contributed by atoms with Crippen LogP contribution in [0.5, 0.6) is 0 Å². The number of hydrogen-bond donors (Lipinski definition) is 23. The van der Waals surface area contributed by atoms with Crippen LogP contribution >= 0.6 is 0 Å². The lowest BCUT2D eigenvalue weighted by Gasteiger charge is -2.71. The number of ether oxygens (including phenoxy) is 18. The van der Waals surface area contributed by atoms with E-state index in [9.17, 15) is 127 Å². The van der Waals surface area contributed by atoms with Crippen molar-refractivity contribution in [3.05, 3.63) is 11.6 Å². The van der Waals surface area contributed by atoms with E-state index >= 15 is 4.79 Å². The normalized spacial score (nSPS) is 54.8. The molecule has 13 fully saturated rings. The minimum absolute atomic E-state index is 0.0506. The van der Waals surface area contributed by atoms with Crippen molar-refractivity contribution in [3.8, 4) is 0 Å². The third-order valence-electron chi connectivity index (χ3n) is 30.4. The molecule has 5 aliphatic carbocycles. The zero-order valence-corrected chi connectivity index (χ0v) is 70.0. The van der Waals surface area contributed by atoms with Gasteiger partial charge in [-0.2, -0.15) is 0 Å². The van der Waals surface area contributed by atoms with E-state index in [2.05, 4.69) is 33.8 Å². The van der Waals surface area contributed by atoms with Crippen LogP contribution in [0.3, 0.4) is 0 Å². The third kappa shape index (κ3) is 17.1. The Labute approximate surface area is 712 Å². The first kappa shape index (κ1) is 96.7. The van der Waals surface area contributed by atoms with Crippen molar-refractivity contribution in [2.75, 3.05) is 33.0 Å². The van der Waals surface area contributed by atoms with Crippen LogP contribution in [-0.4, -0.2) is 426 Å². The Kier molecular flexibility index (Phi) is 28.8. The second-order valence-electron chi connectivity index (χ2n) is 38.3. The summed E-state index contributed by atoms with van der Waals surface area (Å²) in [7, 11) is 0. The molecule has 9 heterocycles. The Morgan fingerprint density at radius 1 is 0.403 bits per heavy atom. The molecular formula is C80H126O44. The topological polar surface area (TPSA) is 683 Å². The lowest BCUT2D eigenvalue weighted by molar-refractivity contribution is -0.392. The Bertz CT molecular complexity index is 3700. The number of carbonyl (C=O) groups is 3. The first-order chi connectivity index (χ1) is 58.2. The number of esters is 1. The van der Waals surface area contributed by atoms with Gasteiger partial charge in [0.2, 0.25) is 6.29 Å². The second kappa shape index (κ2) is 36.9. The predicted molar refractivity (Wildman–Crippen MR) is 400 cm³/mol. The van der Waals surface area contributed by atoms with Gasteiger partial charge in [0.1, 0.15) is 165 Å². The largest absolute Gasteiger partial charge is 0.481 e. The van der Waals surface area contributed by atoms with Gasteiger partial charge in [-0.15, -0.1) is 0 Å². The third-order valence-corrected chi connectivity index (χ3v) is 30.4. The number of aliphatic hydroxyl groups excluding tert-OH is 21. The maximum Gasteiger partial charge on any atom is 0.335 e. The summed E-state index contributed by atoms with van der Waals surface area (Å²) >= 11 is 0. The molecule has 0 radical (unpaired) electrons. The quantitative estimate of drug-likeness (QED) is 0.0288. The van der Waals surface area contributed by atoms with Gasteiger partial charge in [0.05, 0.1) is 68.3 Å². The molecule has 0 aromatic heterocycles. The van der Waals surface area contributed by atoms with Crippen LogP contribution < -0.4 is 0 Å². The first-order valence-corrected chi connectivity index (χ1v) is 42.8. The number of hydrogen-bond acceptors (Lipinski definition) is 42. The van der Waals surface area contributed by atoms with Crippen LogP contribution in [0.25, 0.3) is 0 Å². The highest BCUT2D eigenvalue weighted by atomic mass is 16.8. The van der Waals surface area contributed by atoms with Gasteiger partial charge in [0.25, 0.3) is 0 Å². The van der Waals surface area contributed by atoms with Crippen molar-refractivity contribution in [2.45, 2.75) is 385 Å². The number of rotatable bonds is 21. The molecule has 44 heteroatoms. The second-order valence-corrected chi connectivity index (χ2v) is 38.3. The highest BCUT2D eigenvalue weighted by Crippen LogP contribution is 2.76. The van der Waals surface area contributed by atoms with Crippen molar-refractivity contribution < 1.29 is 217 Å². The molecule has 710 valence electrons. The standard InChI is InChI=1S/C80H126O44/c1-26-39(85)44(90)50(96)68(111-26)118-57-28(3)113-71(61(53(57)99)122-69-52(98)46(92)56(27(2)112-69)117-67-55(101)58(33(84)24-109-67)119-66-49(95)43(89)35(25-110-66)115-64-47(93)40(86)31(82)22-107-64)124-74(106)80-18-16-75(4,5)20-30(80)29-10-11-36-76(6)14-13-38(79(9,73(104)105)37(76)12-15-78(36,8)77(29,7)17-19-80)116-72-62(123-70-51(97)45(91)42(88)34(21-81)114-70)59(54(100)60(121-72)63(102)103)120-65-48(94)41(87)32(83)23-108-65/h10,26-28,30-62,64-72,81-101H,11-25H2,1-9H3,(H,102,103)(H,104,105)/t26-,27+,28-,30+,31+,32-,33-,34-,35+,36-,37-,38+,39-,40+,41+,42-,43+,44+,45+,46+,47-,48-,49-,50-,51-,52-,53+,54+,55-,56+,57+,58+,59+,60+,61-,62-,64+,65+,66+,67+,68+,69+,70+,71+,72-,76-,77-,78-,79+,80+/m1/s1. The van der Waals surface area contributed by atoms with Gasteiger partial charge in [-0.1, -0.05) is 46.3 Å². The number of carboxylic acids is 2. The number of aliphatic carboxylic acids is 2. The molecule has 44 nitrogen and oxygen atoms in total. The highest BCUT2D eigenvalue weighted by molar-refractivity contribution is 5.79. The highest BCUT2D eigenvalue weighted by Gasteiger charge is 2.73. The van der Waals surface area contributed by atoms with Crippen molar-refractivity contribution >= 4 is 17.9 Å². The number of allylic oxidation sites excluding steroid dienone is 2. The summed E-state index contributed by atoms with van der Waals surface area (Å²) in [6.45, 7) is 13.2. The van der Waals surface area contributed by atoms with Gasteiger partial charge in [-0.3, -0.25) is 9.59 Å². The minimum Gasteiger partial charge on any atom is -0.481 e. The molecule has 0 amide bonds. The first-order valence-electron chi connectivity index (χ1n) is 42.8. The van der Waals surface area contributed by atoms with Gasteiger partial charge >= 0.3 is 17.9 Å². The van der Waals surface area contributed by atoms with E-state index in [0.29, 0.717) is 32.1 Å². The number of carbonyl (C=O) groups excluding carboxylic acids is 1. The summed E-state index contributed by atoms with van der Waals surface area (Å²) in [5, 5.41) is 254. The SMILES string of the molecule is C[C@@H]1O[C@@H](O[C@H]2[C@H](OC(=O)[C@]34CCC(C)(C)C[C@H]3C3=CC[C@@H]5[C@@]6(C)CC[C@H](O[C@@H]7O[C@H](C(=O)O)[C@@H](O)[C@H](O[C@@H]8OC[C@@H](O)[C@H](O)[C@H]8O)[C@H]7O[C@@H]7O[C@H](CO)[C@@H](O)[C@H](O)[C@H]7O)[C@@](C)(C(=O)O)[C@@H]6CC[C@@]5(C)[C@]3(C)CC4)O[C@H](C)[C@H](O[C@@H]3O[C@H](C)[C@@H](O)[C@H](O)[C@H]3O)[C@@H]2O)[C@H](O)[C@H](O)[C@H]1O[C@@H]1OC[C@@H](O)[C@H](O[C@@H]2OC[C@H](O[C@@H]3OC[C@H](O)[C@H](O)[C@H]3O)[C@H](O)[C@H]2O)[C@H]1O. The molecule has 0 bridgehead atoms. The van der Waals surface area contributed by atoms with Gasteiger partial charge in [-0.05, 0) is 131 Å². The van der Waals surface area contributed by atoms with E-state index in [1.165, 1.54) is 27.7 Å². The molecule has 9 aliphatic heterocycles. The van der Waals surface area contributed by atoms with Crippen LogP contribution in [0.4, 0.5) is 0 Å². The zero-order chi connectivity index (χ0) is 90.3. The Hall–Kier alpha value is -3.37. The number of aliphatic hydroxyl groups is 21. The van der Waals surface area contributed by atoms with Gasteiger partial charge in [0.15, 0.2) is 62.5 Å². The van der Waals surface area contributed by atoms with E-state index in [4.69, 9.17) is 85.3 Å². The van der Waals surface area contributed by atoms with Crippen molar-refractivity contribution in [2.24, 2.45) is 50.2 Å². The molecule has 14 rings (SSSR count). The fourth-order valence-electron chi connectivity index (χ4n) is 22.6. The van der Waals surface area contributed by atoms with Gasteiger partial charge < -0.3 is 203 Å². The Morgan fingerprint density at radius 3 is 1.51 bits per heavy atom. The maximum atomic E-state index is 16.2. The molecule has 0 aromatic carbocycles. The summed E-state index contributed by atoms with van der Waals surface area (Å²) in [4.78, 5) is 43.8. The van der Waals surface area contributed by atoms with Crippen molar-refractivity contribution in [1.29, 1.82) is 0 Å². The smallest absolute Gasteiger partial charge is 0.335 e. The summed E-state index contributed by atoms with van der Waals surface area (Å²) in [5.74, 6) is -5.42. The summed E-state index contributed by atoms with van der Waals surface area (Å²) in [6.07, 6.45) is -70.6. The maximum absolute atomic E-state index is 16.2. The average molecular weight is 1790 g/mol. The molecule has 23 N–H and O–H groups in total. The molecule has 9 saturated heterocycles. The molecule has 0 spiro atoms. The monoisotopic (exact) mass is 1790 g/mol. The fourth-order valence-corrected chi connectivity index (χ4v) is 22.6. The van der Waals surface area contributed by atoms with Crippen LogP contribution in [0.1, 0.15) is 127 Å². The average Bonchev–Trinajstić information content (AvgIpc) is 0.671.